The summed E-state index contributed by atoms with van der Waals surface area (Å²) in [7, 11) is 0. The molecule has 0 atom stereocenters. The SMILES string of the molecule is N#CC1=C/C=C\C(N)=C/C=C1. The highest BCUT2D eigenvalue weighted by Crippen LogP contribution is 2.01. The predicted octanol–water partition coefficient (Wildman–Crippen LogP) is 1.40. The molecule has 0 aromatic rings. The van der Waals surface area contributed by atoms with E-state index in [0.29, 0.717) is 11.3 Å². The van der Waals surface area contributed by atoms with Crippen LogP contribution in [-0.2, 0) is 0 Å². The maximum absolute atomic E-state index is 8.52. The Labute approximate surface area is 65.6 Å². The van der Waals surface area contributed by atoms with Crippen molar-refractivity contribution in [1.29, 1.82) is 5.26 Å². The zero-order chi connectivity index (χ0) is 8.10. The van der Waals surface area contributed by atoms with Crippen molar-refractivity contribution < 1.29 is 0 Å². The highest BCUT2D eigenvalue weighted by Gasteiger charge is 1.87. The van der Waals surface area contributed by atoms with E-state index in [2.05, 4.69) is 0 Å². The van der Waals surface area contributed by atoms with Crippen molar-refractivity contribution in [1.82, 2.24) is 0 Å². The molecule has 0 aromatic heterocycles. The fourth-order valence-corrected chi connectivity index (χ4v) is 0.711. The van der Waals surface area contributed by atoms with E-state index in [1.165, 1.54) is 0 Å². The highest BCUT2D eigenvalue weighted by molar-refractivity contribution is 5.41. The van der Waals surface area contributed by atoms with E-state index >= 15 is 0 Å². The number of nitrogens with zero attached hydrogens (tertiary/aromatic N) is 1. The number of hydrogen-bond acceptors (Lipinski definition) is 2. The van der Waals surface area contributed by atoms with Gasteiger partial charge < -0.3 is 5.73 Å². The lowest BCUT2D eigenvalue weighted by Crippen LogP contribution is -1.91. The third-order valence-corrected chi connectivity index (χ3v) is 1.26. The second kappa shape index (κ2) is 3.43. The Morgan fingerprint density at radius 3 is 2.64 bits per heavy atom. The summed E-state index contributed by atoms with van der Waals surface area (Å²) in [6, 6.07) is 2.04. The number of allylic oxidation sites excluding steroid dienone is 7. The highest BCUT2D eigenvalue weighted by atomic mass is 14.5. The molecule has 0 saturated carbocycles. The minimum atomic E-state index is 0.630. The molecule has 2 N–H and O–H groups in total. The van der Waals surface area contributed by atoms with Crippen LogP contribution in [0.3, 0.4) is 0 Å². The molecule has 2 heteroatoms. The molecule has 0 saturated heterocycles. The third kappa shape index (κ3) is 2.15. The average molecular weight is 144 g/mol. The Hall–Kier alpha value is -1.75. The van der Waals surface area contributed by atoms with Crippen molar-refractivity contribution in [3.63, 3.8) is 0 Å². The molecular weight excluding hydrogens is 136 g/mol. The third-order valence-electron chi connectivity index (χ3n) is 1.26. The van der Waals surface area contributed by atoms with E-state index in [1.54, 1.807) is 36.5 Å². The van der Waals surface area contributed by atoms with Crippen LogP contribution in [0.15, 0.2) is 47.7 Å². The van der Waals surface area contributed by atoms with Crippen LogP contribution in [0.1, 0.15) is 0 Å². The van der Waals surface area contributed by atoms with Gasteiger partial charge in [0.15, 0.2) is 0 Å². The fraction of sp³-hybridized carbons (Fsp3) is 0. The molecule has 0 heterocycles. The van der Waals surface area contributed by atoms with Gasteiger partial charge in [0.1, 0.15) is 0 Å². The Morgan fingerprint density at radius 1 is 1.18 bits per heavy atom. The molecule has 1 rings (SSSR count). The lowest BCUT2D eigenvalue weighted by molar-refractivity contribution is 1.41. The van der Waals surface area contributed by atoms with Gasteiger partial charge in [-0.05, 0) is 24.3 Å². The first-order valence-electron chi connectivity index (χ1n) is 3.25. The summed E-state index contributed by atoms with van der Waals surface area (Å²) in [6.07, 6.45) is 10.5. The van der Waals surface area contributed by atoms with Gasteiger partial charge in [0.05, 0.1) is 11.6 Å². The van der Waals surface area contributed by atoms with Crippen molar-refractivity contribution in [2.24, 2.45) is 5.73 Å². The molecule has 2 nitrogen and oxygen atoms in total. The molecule has 0 unspecified atom stereocenters. The molecule has 0 amide bonds. The summed E-state index contributed by atoms with van der Waals surface area (Å²) in [6.45, 7) is 0. The maximum atomic E-state index is 8.52. The van der Waals surface area contributed by atoms with E-state index in [-0.39, 0.29) is 0 Å². The first-order valence-corrected chi connectivity index (χ1v) is 3.25. The Balaban J connectivity index is 2.90. The number of hydrogen-bond donors (Lipinski definition) is 1. The monoisotopic (exact) mass is 144 g/mol. The van der Waals surface area contributed by atoms with Crippen LogP contribution in [0.25, 0.3) is 0 Å². The van der Waals surface area contributed by atoms with Crippen LogP contribution in [0, 0.1) is 11.3 Å². The first-order chi connectivity index (χ1) is 5.33. The lowest BCUT2D eigenvalue weighted by atomic mass is 10.2. The molecule has 0 bridgehead atoms. The normalized spacial score (nSPS) is 23.5. The van der Waals surface area contributed by atoms with Gasteiger partial charge in [-0.15, -0.1) is 0 Å². The summed E-state index contributed by atoms with van der Waals surface area (Å²) in [5.74, 6) is 0. The average Bonchev–Trinajstić information content (AvgIpc) is 1.96. The molecule has 0 aromatic carbocycles. The van der Waals surface area contributed by atoms with Gasteiger partial charge in [0.25, 0.3) is 0 Å². The maximum Gasteiger partial charge on any atom is 0.0991 e. The lowest BCUT2D eigenvalue weighted by Gasteiger charge is -1.91. The molecule has 0 fully saturated rings. The van der Waals surface area contributed by atoms with Crippen LogP contribution in [0.5, 0.6) is 0 Å². The van der Waals surface area contributed by atoms with Gasteiger partial charge in [0.2, 0.25) is 0 Å². The zero-order valence-electron chi connectivity index (χ0n) is 5.99. The summed E-state index contributed by atoms with van der Waals surface area (Å²) in [4.78, 5) is 0. The van der Waals surface area contributed by atoms with Crippen molar-refractivity contribution in [2.45, 2.75) is 0 Å². The van der Waals surface area contributed by atoms with E-state index < -0.39 is 0 Å². The molecule has 0 radical (unpaired) electrons. The second-order valence-electron chi connectivity index (χ2n) is 2.12. The predicted molar refractivity (Wildman–Crippen MR) is 44.2 cm³/mol. The van der Waals surface area contributed by atoms with Gasteiger partial charge in [-0.2, -0.15) is 5.26 Å². The van der Waals surface area contributed by atoms with Gasteiger partial charge >= 0.3 is 0 Å². The van der Waals surface area contributed by atoms with Crippen molar-refractivity contribution in [2.75, 3.05) is 0 Å². The summed E-state index contributed by atoms with van der Waals surface area (Å²) < 4.78 is 0. The quantitative estimate of drug-likeness (QED) is 0.558. The van der Waals surface area contributed by atoms with E-state index in [9.17, 15) is 0 Å². The minimum Gasteiger partial charge on any atom is -0.399 e. The van der Waals surface area contributed by atoms with Gasteiger partial charge in [-0.3, -0.25) is 0 Å². The largest absolute Gasteiger partial charge is 0.399 e. The van der Waals surface area contributed by atoms with Gasteiger partial charge in [-0.25, -0.2) is 0 Å². The molecule has 0 spiro atoms. The molecule has 1 aliphatic rings. The van der Waals surface area contributed by atoms with Gasteiger partial charge in [0, 0.05) is 5.70 Å². The number of nitrogens with two attached hydrogens (primary N) is 1. The van der Waals surface area contributed by atoms with E-state index in [1.807, 2.05) is 6.07 Å². The first kappa shape index (κ1) is 7.36. The van der Waals surface area contributed by atoms with Crippen molar-refractivity contribution in [3.8, 4) is 6.07 Å². The van der Waals surface area contributed by atoms with Crippen molar-refractivity contribution >= 4 is 0 Å². The molecular formula is C9H8N2. The minimum absolute atomic E-state index is 0.630. The topological polar surface area (TPSA) is 49.8 Å². The Kier molecular flexibility index (Phi) is 2.29. The summed E-state index contributed by atoms with van der Waals surface area (Å²) in [5.41, 5.74) is 6.82. The Morgan fingerprint density at radius 2 is 1.91 bits per heavy atom. The Bertz CT molecular complexity index is 298. The van der Waals surface area contributed by atoms with E-state index in [0.717, 1.165) is 0 Å². The van der Waals surface area contributed by atoms with Crippen LogP contribution < -0.4 is 5.73 Å². The van der Waals surface area contributed by atoms with E-state index in [4.69, 9.17) is 11.0 Å². The summed E-state index contributed by atoms with van der Waals surface area (Å²) in [5, 5.41) is 8.52. The van der Waals surface area contributed by atoms with Crippen LogP contribution in [0.2, 0.25) is 0 Å². The molecule has 1 aliphatic carbocycles. The molecule has 54 valence electrons. The second-order valence-corrected chi connectivity index (χ2v) is 2.12. The smallest absolute Gasteiger partial charge is 0.0991 e. The fourth-order valence-electron chi connectivity index (χ4n) is 0.711. The molecule has 11 heavy (non-hydrogen) atoms. The summed E-state index contributed by atoms with van der Waals surface area (Å²) >= 11 is 0. The number of nitriles is 1. The molecule has 0 aliphatic heterocycles. The van der Waals surface area contributed by atoms with Crippen LogP contribution in [-0.4, -0.2) is 0 Å². The standard InChI is InChI=1S/C9H8N2/c10-7-8-3-1-5-9(11)6-2-4-8/h1-6H,11H2/b3-1?,4-2?,5-1-,6-2?,8-3?,8-4?,9-5?,9-6+. The number of rotatable bonds is 0. The zero-order valence-corrected chi connectivity index (χ0v) is 5.99. The van der Waals surface area contributed by atoms with Gasteiger partial charge in [-0.1, -0.05) is 12.2 Å². The van der Waals surface area contributed by atoms with Crippen LogP contribution >= 0.6 is 0 Å². The van der Waals surface area contributed by atoms with Crippen LogP contribution in [0.4, 0.5) is 0 Å². The van der Waals surface area contributed by atoms with Crippen molar-refractivity contribution in [3.05, 3.63) is 47.7 Å².